The number of rotatable bonds is 5. The van der Waals surface area contributed by atoms with Crippen molar-refractivity contribution >= 4 is 22.2 Å². The molecule has 1 aliphatic rings. The summed E-state index contributed by atoms with van der Waals surface area (Å²) in [5.74, 6) is 1.93. The van der Waals surface area contributed by atoms with E-state index in [1.807, 2.05) is 41.5 Å². The van der Waals surface area contributed by atoms with Crippen molar-refractivity contribution in [1.82, 2.24) is 33.6 Å². The lowest BCUT2D eigenvalue weighted by Crippen LogP contribution is -2.19. The lowest BCUT2D eigenvalue weighted by atomic mass is 10.1. The fraction of sp³-hybridized carbons (Fsp3) is 0.292. The van der Waals surface area contributed by atoms with Crippen LogP contribution in [0, 0.1) is 6.92 Å². The molecule has 1 saturated carbocycles. The lowest BCUT2D eigenvalue weighted by Gasteiger charge is -2.10. The molecule has 0 unspecified atom stereocenters. The summed E-state index contributed by atoms with van der Waals surface area (Å²) < 4.78 is 5.58. The van der Waals surface area contributed by atoms with E-state index < -0.39 is 0 Å². The van der Waals surface area contributed by atoms with E-state index in [-0.39, 0.29) is 11.6 Å². The van der Waals surface area contributed by atoms with Crippen LogP contribution >= 0.6 is 11.3 Å². The largest absolute Gasteiger partial charge is 0.326 e. The van der Waals surface area contributed by atoms with E-state index in [2.05, 4.69) is 39.6 Å². The van der Waals surface area contributed by atoms with Gasteiger partial charge in [-0.1, -0.05) is 0 Å². The van der Waals surface area contributed by atoms with E-state index >= 15 is 0 Å². The van der Waals surface area contributed by atoms with E-state index in [9.17, 15) is 4.79 Å². The molecule has 0 atom stereocenters. The Labute approximate surface area is 194 Å². The number of thiazole rings is 1. The van der Waals surface area contributed by atoms with Crippen LogP contribution in [0.25, 0.3) is 33.2 Å². The Morgan fingerprint density at radius 2 is 1.97 bits per heavy atom. The third-order valence-corrected chi connectivity index (χ3v) is 6.93. The first-order valence-corrected chi connectivity index (χ1v) is 11.9. The van der Waals surface area contributed by atoms with Crippen molar-refractivity contribution in [2.45, 2.75) is 45.6 Å². The predicted molar refractivity (Wildman–Crippen MR) is 128 cm³/mol. The van der Waals surface area contributed by atoms with Gasteiger partial charge in [0.2, 0.25) is 0 Å². The number of nitrogens with zero attached hydrogens (tertiary/aromatic N) is 7. The fourth-order valence-electron chi connectivity index (χ4n) is 4.14. The van der Waals surface area contributed by atoms with E-state index in [0.717, 1.165) is 27.8 Å². The summed E-state index contributed by atoms with van der Waals surface area (Å²) in [6, 6.07) is 4.14. The zero-order valence-corrected chi connectivity index (χ0v) is 19.5. The summed E-state index contributed by atoms with van der Waals surface area (Å²) in [5.41, 5.74) is 3.63. The number of benzene rings is 1. The smallest absolute Gasteiger partial charge is 0.267 e. The molecule has 1 fully saturated rings. The van der Waals surface area contributed by atoms with Crippen LogP contribution in [-0.2, 0) is 0 Å². The van der Waals surface area contributed by atoms with E-state index in [1.165, 1.54) is 28.7 Å². The summed E-state index contributed by atoms with van der Waals surface area (Å²) in [4.78, 5) is 31.7. The average molecular weight is 458 g/mol. The number of aromatic nitrogens is 7. The Morgan fingerprint density at radius 1 is 1.12 bits per heavy atom. The van der Waals surface area contributed by atoms with Crippen LogP contribution in [0.3, 0.4) is 0 Å². The van der Waals surface area contributed by atoms with Crippen molar-refractivity contribution in [2.75, 3.05) is 0 Å². The highest BCUT2D eigenvalue weighted by atomic mass is 32.1. The number of imidazole rings is 2. The highest BCUT2D eigenvalue weighted by Gasteiger charge is 2.26. The van der Waals surface area contributed by atoms with Crippen molar-refractivity contribution in [1.29, 1.82) is 0 Å². The van der Waals surface area contributed by atoms with Crippen LogP contribution in [0.5, 0.6) is 0 Å². The third-order valence-electron chi connectivity index (χ3n) is 6.11. The van der Waals surface area contributed by atoms with Crippen molar-refractivity contribution < 1.29 is 0 Å². The van der Waals surface area contributed by atoms with Crippen molar-refractivity contribution in [2.24, 2.45) is 0 Å². The maximum atomic E-state index is 13.5. The Morgan fingerprint density at radius 3 is 2.76 bits per heavy atom. The molecule has 0 bridgehead atoms. The van der Waals surface area contributed by atoms with Gasteiger partial charge in [-0.2, -0.15) is 0 Å². The van der Waals surface area contributed by atoms with E-state index in [0.29, 0.717) is 22.6 Å². The zero-order chi connectivity index (χ0) is 22.7. The Hall–Kier alpha value is -3.59. The second kappa shape index (κ2) is 7.48. The SMILES string of the molecule is Cc1cc2ncn(-c3csc(-c4nccn4C(C)C)n3)c(=O)c2cc1-n1cnc(C2CC2)c1. The Kier molecular flexibility index (Phi) is 4.55. The normalized spacial score (nSPS) is 13.9. The quantitative estimate of drug-likeness (QED) is 0.383. The van der Waals surface area contributed by atoms with Crippen LogP contribution in [0.2, 0.25) is 0 Å². The van der Waals surface area contributed by atoms with Gasteiger partial charge in [0.25, 0.3) is 5.56 Å². The summed E-state index contributed by atoms with van der Waals surface area (Å²) in [6.45, 7) is 6.23. The first kappa shape index (κ1) is 20.0. The predicted octanol–water partition coefficient (Wildman–Crippen LogP) is 4.66. The molecule has 166 valence electrons. The molecule has 9 heteroatoms. The molecular weight excluding hydrogens is 434 g/mol. The molecule has 0 amide bonds. The molecule has 4 aromatic heterocycles. The van der Waals surface area contributed by atoms with Gasteiger partial charge in [-0.25, -0.2) is 24.5 Å². The minimum atomic E-state index is -0.146. The van der Waals surface area contributed by atoms with Crippen molar-refractivity contribution in [3.05, 3.63) is 70.4 Å². The fourth-order valence-corrected chi connectivity index (χ4v) is 4.93. The van der Waals surface area contributed by atoms with Crippen LogP contribution in [-0.4, -0.2) is 33.6 Å². The zero-order valence-electron chi connectivity index (χ0n) is 18.6. The number of aryl methyl sites for hydroxylation is 1. The van der Waals surface area contributed by atoms with Crippen LogP contribution in [0.1, 0.15) is 49.9 Å². The Balaban J connectivity index is 1.43. The minimum Gasteiger partial charge on any atom is -0.326 e. The van der Waals surface area contributed by atoms with E-state index in [1.54, 1.807) is 12.5 Å². The average Bonchev–Trinajstić information content (AvgIpc) is 3.21. The Bertz CT molecular complexity index is 1550. The molecule has 4 heterocycles. The monoisotopic (exact) mass is 457 g/mol. The highest BCUT2D eigenvalue weighted by molar-refractivity contribution is 7.13. The number of hydrogen-bond donors (Lipinski definition) is 0. The molecule has 6 rings (SSSR count). The number of fused-ring (bicyclic) bond motifs is 1. The molecular formula is C24H23N7OS. The molecule has 33 heavy (non-hydrogen) atoms. The molecule has 0 saturated heterocycles. The summed E-state index contributed by atoms with van der Waals surface area (Å²) in [5, 5.41) is 3.19. The van der Waals surface area contributed by atoms with Gasteiger partial charge in [0.1, 0.15) is 6.33 Å². The van der Waals surface area contributed by atoms with Gasteiger partial charge in [-0.15, -0.1) is 11.3 Å². The molecule has 8 nitrogen and oxygen atoms in total. The maximum absolute atomic E-state index is 13.5. The molecule has 1 aromatic carbocycles. The van der Waals surface area contributed by atoms with E-state index in [4.69, 9.17) is 4.98 Å². The first-order chi connectivity index (χ1) is 16.0. The molecule has 0 N–H and O–H groups in total. The minimum absolute atomic E-state index is 0.146. The van der Waals surface area contributed by atoms with Crippen molar-refractivity contribution in [3.63, 3.8) is 0 Å². The third kappa shape index (κ3) is 3.39. The number of hydrogen-bond acceptors (Lipinski definition) is 6. The first-order valence-electron chi connectivity index (χ1n) is 11.0. The van der Waals surface area contributed by atoms with Gasteiger partial charge in [-0.3, -0.25) is 4.79 Å². The van der Waals surface area contributed by atoms with Crippen LogP contribution in [0.4, 0.5) is 0 Å². The summed E-state index contributed by atoms with van der Waals surface area (Å²) >= 11 is 1.47. The lowest BCUT2D eigenvalue weighted by molar-refractivity contribution is 0.606. The molecule has 5 aromatic rings. The molecule has 0 radical (unpaired) electrons. The highest BCUT2D eigenvalue weighted by Crippen LogP contribution is 2.39. The van der Waals surface area contributed by atoms with Gasteiger partial charge < -0.3 is 9.13 Å². The second-order valence-corrected chi connectivity index (χ2v) is 9.68. The van der Waals surface area contributed by atoms with Gasteiger partial charge in [0.15, 0.2) is 16.6 Å². The molecule has 1 aliphatic carbocycles. The van der Waals surface area contributed by atoms with Gasteiger partial charge in [0.05, 0.1) is 28.6 Å². The summed E-state index contributed by atoms with van der Waals surface area (Å²) in [7, 11) is 0. The van der Waals surface area contributed by atoms with Crippen LogP contribution < -0.4 is 5.56 Å². The second-order valence-electron chi connectivity index (χ2n) is 8.82. The molecule has 0 aliphatic heterocycles. The van der Waals surface area contributed by atoms with Crippen molar-refractivity contribution in [3.8, 4) is 22.3 Å². The van der Waals surface area contributed by atoms with Crippen LogP contribution in [0.15, 0.2) is 53.6 Å². The topological polar surface area (TPSA) is 83.4 Å². The molecule has 0 spiro atoms. The van der Waals surface area contributed by atoms with Gasteiger partial charge in [-0.05, 0) is 51.3 Å². The standard InChI is InChI=1S/C24H23N7OS/c1-14(2)30-7-6-25-22(30)23-28-21(11-33-23)31-13-27-18-8-15(3)20(9-17(18)24(31)32)29-10-19(26-12-29)16-4-5-16/h6-14,16H,4-5H2,1-3H3. The van der Waals surface area contributed by atoms with Gasteiger partial charge in [0, 0.05) is 35.9 Å². The van der Waals surface area contributed by atoms with Gasteiger partial charge >= 0.3 is 0 Å². The maximum Gasteiger partial charge on any atom is 0.267 e. The summed E-state index contributed by atoms with van der Waals surface area (Å²) in [6.07, 6.45) is 11.6.